The summed E-state index contributed by atoms with van der Waals surface area (Å²) >= 11 is 1.53. The van der Waals surface area contributed by atoms with Crippen LogP contribution >= 0.6 is 11.9 Å². The Balaban J connectivity index is 0.000000297. The highest BCUT2D eigenvalue weighted by molar-refractivity contribution is 7.96. The van der Waals surface area contributed by atoms with Crippen LogP contribution in [0.15, 0.2) is 47.4 Å². The molecule has 0 radical (unpaired) electrons. The van der Waals surface area contributed by atoms with Crippen molar-refractivity contribution in [1.29, 1.82) is 0 Å². The fourth-order valence-corrected chi connectivity index (χ4v) is 2.71. The molecule has 6 N–H and O–H groups in total. The Labute approximate surface area is 154 Å². The molecule has 1 aliphatic heterocycles. The van der Waals surface area contributed by atoms with Gasteiger partial charge in [0.15, 0.2) is 0 Å². The fourth-order valence-electron chi connectivity index (χ4n) is 2.39. The van der Waals surface area contributed by atoms with Crippen LogP contribution in [0.3, 0.4) is 0 Å². The van der Waals surface area contributed by atoms with Gasteiger partial charge in [-0.25, -0.2) is 0 Å². The first-order valence-electron chi connectivity index (χ1n) is 8.17. The Bertz CT molecular complexity index is 602. The number of carbonyl (C=O) groups is 1. The van der Waals surface area contributed by atoms with Gasteiger partial charge in [-0.05, 0) is 31.7 Å². The monoisotopic (exact) mass is 364 g/mol. The lowest BCUT2D eigenvalue weighted by molar-refractivity contribution is -0.107. The second kappa shape index (κ2) is 12.5. The second-order valence-corrected chi connectivity index (χ2v) is 6.14. The molecular weight excluding hydrogens is 336 g/mol. The Morgan fingerprint density at radius 3 is 2.80 bits per heavy atom. The Hall–Kier alpha value is -1.80. The molecule has 6 nitrogen and oxygen atoms in total. The summed E-state index contributed by atoms with van der Waals surface area (Å²) in [5.41, 5.74) is 3.80. The van der Waals surface area contributed by atoms with E-state index in [1.54, 1.807) is 0 Å². The minimum atomic E-state index is 0.612. The van der Waals surface area contributed by atoms with Crippen molar-refractivity contribution in [3.05, 3.63) is 52.9 Å². The van der Waals surface area contributed by atoms with E-state index in [4.69, 9.17) is 4.74 Å². The van der Waals surface area contributed by atoms with Gasteiger partial charge in [0.1, 0.15) is 17.8 Å². The van der Waals surface area contributed by atoms with Crippen molar-refractivity contribution in [1.82, 2.24) is 10.0 Å². The number of rotatable bonds is 4. The maximum atomic E-state index is 9.63. The van der Waals surface area contributed by atoms with E-state index in [1.165, 1.54) is 23.1 Å². The van der Waals surface area contributed by atoms with Crippen molar-refractivity contribution in [2.24, 2.45) is 11.7 Å². The van der Waals surface area contributed by atoms with Gasteiger partial charge in [-0.2, -0.15) is 0 Å². The van der Waals surface area contributed by atoms with Gasteiger partial charge in [-0.15, -0.1) is 0 Å². The summed E-state index contributed by atoms with van der Waals surface area (Å²) in [4.78, 5) is 9.63. The van der Waals surface area contributed by atoms with E-state index in [9.17, 15) is 4.79 Å². The molecule has 0 fully saturated rings. The van der Waals surface area contributed by atoms with E-state index < -0.39 is 0 Å². The zero-order valence-electron chi connectivity index (χ0n) is 14.9. The van der Waals surface area contributed by atoms with Crippen molar-refractivity contribution in [3.8, 4) is 5.75 Å². The zero-order valence-corrected chi connectivity index (χ0v) is 15.7. The first kappa shape index (κ1) is 21.2. The van der Waals surface area contributed by atoms with Gasteiger partial charge < -0.3 is 14.8 Å². The third kappa shape index (κ3) is 7.31. The van der Waals surface area contributed by atoms with Crippen LogP contribution in [-0.4, -0.2) is 19.1 Å². The molecule has 0 unspecified atom stereocenters. The van der Waals surface area contributed by atoms with E-state index >= 15 is 0 Å². The van der Waals surface area contributed by atoms with E-state index in [0.717, 1.165) is 49.4 Å². The van der Waals surface area contributed by atoms with Crippen molar-refractivity contribution < 1.29 is 9.53 Å². The van der Waals surface area contributed by atoms with Crippen molar-refractivity contribution in [2.75, 3.05) is 12.8 Å². The maximum Gasteiger partial charge on any atom is 0.132 e. The molecule has 0 amide bonds. The smallest absolute Gasteiger partial charge is 0.132 e. The van der Waals surface area contributed by atoms with Crippen molar-refractivity contribution in [3.63, 3.8) is 0 Å². The number of benzene rings is 1. The third-order valence-corrected chi connectivity index (χ3v) is 4.11. The van der Waals surface area contributed by atoms with Gasteiger partial charge in [0, 0.05) is 31.5 Å². The molecule has 1 aromatic rings. The van der Waals surface area contributed by atoms with Gasteiger partial charge in [-0.3, -0.25) is 16.4 Å². The van der Waals surface area contributed by atoms with Gasteiger partial charge in [0.25, 0.3) is 0 Å². The number of hydrogen-bond acceptors (Lipinski definition) is 7. The van der Waals surface area contributed by atoms with E-state index in [2.05, 4.69) is 46.9 Å². The highest BCUT2D eigenvalue weighted by Crippen LogP contribution is 2.30. The Morgan fingerprint density at radius 1 is 1.32 bits per heavy atom. The van der Waals surface area contributed by atoms with Crippen LogP contribution in [0.1, 0.15) is 31.7 Å². The molecule has 1 heterocycles. The molecule has 1 aromatic carbocycles. The van der Waals surface area contributed by atoms with Crippen LogP contribution in [0.5, 0.6) is 5.75 Å². The summed E-state index contributed by atoms with van der Waals surface area (Å²) in [5, 5.41) is 3.45. The topological polar surface area (TPSA) is 102 Å². The van der Waals surface area contributed by atoms with Crippen molar-refractivity contribution >= 4 is 18.2 Å². The van der Waals surface area contributed by atoms with Gasteiger partial charge in [0.2, 0.25) is 0 Å². The minimum Gasteiger partial charge on any atom is -0.459 e. The maximum absolute atomic E-state index is 9.63. The number of fused-ring (bicyclic) bond motifs is 1. The standard InChI is InChI=1S/C14H15NO.C4H9NOS.H4N2/c1-10-6-7-14-12(8-10)15-9-11-4-2-3-5-13(11)16-14;1-7-5-3-2-4-6;1-2/h2-5,8,15H,6-7,9H2,1H3;4-5H,2-3H2,1H3;1-2H2. The number of ether oxygens (including phenoxy) is 1. The average molecular weight is 365 g/mol. The minimum absolute atomic E-state index is 0.612. The summed E-state index contributed by atoms with van der Waals surface area (Å²) in [5.74, 6) is 10.1. The molecule has 0 spiro atoms. The van der Waals surface area contributed by atoms with Crippen LogP contribution in [0.2, 0.25) is 0 Å². The van der Waals surface area contributed by atoms with Gasteiger partial charge in [0.05, 0.1) is 5.70 Å². The fraction of sp³-hybridized carbons (Fsp3) is 0.389. The van der Waals surface area contributed by atoms with Gasteiger partial charge in [-0.1, -0.05) is 35.7 Å². The molecule has 0 saturated heterocycles. The highest BCUT2D eigenvalue weighted by atomic mass is 32.2. The van der Waals surface area contributed by atoms with E-state index in [1.807, 2.05) is 18.4 Å². The molecule has 2 aliphatic rings. The molecular formula is C18H28N4O2S. The SMILES string of the molecule is CC1=CC2=C(CC1)Oc1ccccc1CN2.CSNCCC=O.NN. The molecule has 25 heavy (non-hydrogen) atoms. The van der Waals surface area contributed by atoms with Crippen LogP contribution < -0.4 is 26.5 Å². The summed E-state index contributed by atoms with van der Waals surface area (Å²) in [6.07, 6.45) is 7.75. The lowest BCUT2D eigenvalue weighted by Crippen LogP contribution is -2.14. The second-order valence-electron chi connectivity index (χ2n) is 5.44. The number of hydrazine groups is 1. The number of aldehydes is 1. The van der Waals surface area contributed by atoms with Gasteiger partial charge >= 0.3 is 0 Å². The third-order valence-electron chi connectivity index (χ3n) is 3.62. The Kier molecular flexibility index (Phi) is 10.7. The molecule has 138 valence electrons. The van der Waals surface area contributed by atoms with Crippen molar-refractivity contribution in [2.45, 2.75) is 32.7 Å². The number of nitrogens with one attached hydrogen (secondary N) is 2. The lowest BCUT2D eigenvalue weighted by Gasteiger charge is -2.16. The normalized spacial score (nSPS) is 14.6. The summed E-state index contributed by atoms with van der Waals surface area (Å²) in [7, 11) is 0. The molecule has 0 atom stereocenters. The Morgan fingerprint density at radius 2 is 2.08 bits per heavy atom. The summed E-state index contributed by atoms with van der Waals surface area (Å²) in [6, 6.07) is 8.22. The predicted molar refractivity (Wildman–Crippen MR) is 105 cm³/mol. The predicted octanol–water partition coefficient (Wildman–Crippen LogP) is 2.38. The first-order valence-corrected chi connectivity index (χ1v) is 9.40. The largest absolute Gasteiger partial charge is 0.459 e. The summed E-state index contributed by atoms with van der Waals surface area (Å²) in [6.45, 7) is 3.80. The number of carbonyl (C=O) groups excluding carboxylic acids is 1. The van der Waals surface area contributed by atoms with E-state index in [0.29, 0.717) is 6.42 Å². The molecule has 0 bridgehead atoms. The molecule has 1 aliphatic carbocycles. The molecule has 7 heteroatoms. The van der Waals surface area contributed by atoms with Crippen LogP contribution in [-0.2, 0) is 11.3 Å². The molecule has 0 aromatic heterocycles. The van der Waals surface area contributed by atoms with Crippen LogP contribution in [0, 0.1) is 0 Å². The van der Waals surface area contributed by atoms with Crippen LogP contribution in [0.25, 0.3) is 0 Å². The summed E-state index contributed by atoms with van der Waals surface area (Å²) < 4.78 is 8.92. The molecule has 0 saturated carbocycles. The molecule has 3 rings (SSSR count). The lowest BCUT2D eigenvalue weighted by atomic mass is 10.0. The number of hydrogen-bond donors (Lipinski definition) is 4. The zero-order chi connectivity index (χ0) is 18.5. The van der Waals surface area contributed by atoms with E-state index in [-0.39, 0.29) is 0 Å². The highest BCUT2D eigenvalue weighted by Gasteiger charge is 2.18. The number of nitrogens with two attached hydrogens (primary N) is 2. The average Bonchev–Trinajstić information content (AvgIpc) is 2.83. The van der Waals surface area contributed by atoms with Crippen LogP contribution in [0.4, 0.5) is 0 Å². The number of para-hydroxylation sites is 1. The first-order chi connectivity index (χ1) is 12.2. The number of allylic oxidation sites excluding steroid dienone is 3. The quantitative estimate of drug-likeness (QED) is 0.214.